The molecular weight excluding hydrogens is 230 g/mol. The van der Waals surface area contributed by atoms with Crippen LogP contribution >= 0.6 is 11.8 Å². The fourth-order valence-electron chi connectivity index (χ4n) is 1.89. The molecule has 0 saturated carbocycles. The van der Waals surface area contributed by atoms with E-state index in [1.165, 1.54) is 11.8 Å². The van der Waals surface area contributed by atoms with Gasteiger partial charge >= 0.3 is 0 Å². The summed E-state index contributed by atoms with van der Waals surface area (Å²) in [6.45, 7) is 3.83. The molecule has 0 N–H and O–H groups in total. The minimum Gasteiger partial charge on any atom is -0.293 e. The van der Waals surface area contributed by atoms with Crippen molar-refractivity contribution in [2.75, 3.05) is 0 Å². The normalized spacial score (nSPS) is 20.1. The van der Waals surface area contributed by atoms with Gasteiger partial charge in [-0.2, -0.15) is 0 Å². The molecule has 1 aromatic carbocycles. The molecule has 1 heterocycles. The van der Waals surface area contributed by atoms with Gasteiger partial charge in [0.25, 0.3) is 0 Å². The van der Waals surface area contributed by atoms with E-state index in [1.807, 2.05) is 13.8 Å². The monoisotopic (exact) mass is 242 g/mol. The molecule has 0 fully saturated rings. The minimum absolute atomic E-state index is 0.0440. The van der Waals surface area contributed by atoms with E-state index in [-0.39, 0.29) is 28.1 Å². The number of carbonyl (C=O) groups excluding carboxylic acids is 1. The van der Waals surface area contributed by atoms with Gasteiger partial charge in [0.1, 0.15) is 11.6 Å². The molecule has 0 aromatic heterocycles. The zero-order valence-corrected chi connectivity index (χ0v) is 9.91. The van der Waals surface area contributed by atoms with Gasteiger partial charge in [0.05, 0.1) is 10.8 Å². The maximum absolute atomic E-state index is 13.5. The van der Waals surface area contributed by atoms with Gasteiger partial charge in [0, 0.05) is 11.3 Å². The Morgan fingerprint density at radius 2 is 1.94 bits per heavy atom. The van der Waals surface area contributed by atoms with E-state index >= 15 is 0 Å². The average Bonchev–Trinajstić information content (AvgIpc) is 2.23. The Kier molecular flexibility index (Phi) is 3.02. The van der Waals surface area contributed by atoms with Crippen LogP contribution in [0.25, 0.3) is 0 Å². The number of rotatable bonds is 1. The van der Waals surface area contributed by atoms with Gasteiger partial charge in [-0.05, 0) is 18.1 Å². The van der Waals surface area contributed by atoms with Crippen LogP contribution in [0.1, 0.15) is 29.8 Å². The van der Waals surface area contributed by atoms with Gasteiger partial charge < -0.3 is 0 Å². The molecule has 1 nitrogen and oxygen atoms in total. The van der Waals surface area contributed by atoms with Crippen molar-refractivity contribution in [1.29, 1.82) is 0 Å². The van der Waals surface area contributed by atoms with Crippen LogP contribution in [0.15, 0.2) is 12.1 Å². The lowest BCUT2D eigenvalue weighted by atomic mass is 9.95. The summed E-state index contributed by atoms with van der Waals surface area (Å²) in [7, 11) is 0. The van der Waals surface area contributed by atoms with Crippen LogP contribution in [0.4, 0.5) is 8.78 Å². The van der Waals surface area contributed by atoms with Crippen molar-refractivity contribution < 1.29 is 13.6 Å². The molecule has 86 valence electrons. The number of hydrogen-bond acceptors (Lipinski definition) is 2. The van der Waals surface area contributed by atoms with E-state index in [9.17, 15) is 13.6 Å². The highest BCUT2D eigenvalue weighted by Gasteiger charge is 2.33. The number of thioether (sulfide) groups is 1. The first kappa shape index (κ1) is 11.6. The average molecular weight is 242 g/mol. The predicted molar refractivity (Wildman–Crippen MR) is 60.6 cm³/mol. The molecule has 0 radical (unpaired) electrons. The van der Waals surface area contributed by atoms with E-state index in [0.29, 0.717) is 5.75 Å². The Morgan fingerprint density at radius 1 is 1.31 bits per heavy atom. The molecule has 2 rings (SSSR count). The second-order valence-electron chi connectivity index (χ2n) is 4.22. The third-order valence-electron chi connectivity index (χ3n) is 2.72. The Balaban J connectivity index is 2.52. The molecule has 1 aromatic rings. The second kappa shape index (κ2) is 4.17. The predicted octanol–water partition coefficient (Wildman–Crippen LogP) is 3.42. The largest absolute Gasteiger partial charge is 0.293 e. The van der Waals surface area contributed by atoms with Gasteiger partial charge in [-0.25, -0.2) is 8.78 Å². The molecule has 0 amide bonds. The molecule has 0 bridgehead atoms. The van der Waals surface area contributed by atoms with Crippen molar-refractivity contribution in [3.8, 4) is 0 Å². The van der Waals surface area contributed by atoms with Gasteiger partial charge in [-0.15, -0.1) is 11.8 Å². The van der Waals surface area contributed by atoms with Crippen LogP contribution in [0.3, 0.4) is 0 Å². The smallest absolute Gasteiger partial charge is 0.179 e. The van der Waals surface area contributed by atoms with Crippen LogP contribution < -0.4 is 0 Å². The van der Waals surface area contributed by atoms with Crippen LogP contribution in [0.5, 0.6) is 0 Å². The number of Topliss-reactive ketones (excluding diaryl/α,β-unsaturated/α-hetero) is 1. The molecule has 1 aliphatic heterocycles. The SMILES string of the molecule is CC(C)C1SCc2c(F)ccc(F)c2C1=O. The standard InChI is InChI=1S/C12H12F2OS/c1-6(2)12-11(15)10-7(5-16-12)8(13)3-4-9(10)14/h3-4,6,12H,5H2,1-2H3. The van der Waals surface area contributed by atoms with E-state index in [0.717, 1.165) is 12.1 Å². The van der Waals surface area contributed by atoms with E-state index in [4.69, 9.17) is 0 Å². The van der Waals surface area contributed by atoms with Crippen LogP contribution in [-0.4, -0.2) is 11.0 Å². The van der Waals surface area contributed by atoms with Crippen molar-refractivity contribution in [3.05, 3.63) is 34.9 Å². The lowest BCUT2D eigenvalue weighted by molar-refractivity contribution is 0.0968. The molecule has 16 heavy (non-hydrogen) atoms. The summed E-state index contributed by atoms with van der Waals surface area (Å²) >= 11 is 1.39. The van der Waals surface area contributed by atoms with Crippen molar-refractivity contribution >= 4 is 17.5 Å². The first-order valence-electron chi connectivity index (χ1n) is 5.15. The van der Waals surface area contributed by atoms with E-state index in [2.05, 4.69) is 0 Å². The third-order valence-corrected chi connectivity index (χ3v) is 4.30. The van der Waals surface area contributed by atoms with Crippen molar-refractivity contribution in [2.45, 2.75) is 24.9 Å². The summed E-state index contributed by atoms with van der Waals surface area (Å²) in [6, 6.07) is 2.11. The Labute approximate surface area is 97.2 Å². The Bertz CT molecular complexity index is 443. The molecular formula is C12H12F2OS. The summed E-state index contributed by atoms with van der Waals surface area (Å²) in [5.74, 6) is -0.869. The quantitative estimate of drug-likeness (QED) is 0.750. The number of hydrogen-bond donors (Lipinski definition) is 0. The van der Waals surface area contributed by atoms with E-state index < -0.39 is 11.6 Å². The van der Waals surface area contributed by atoms with E-state index in [1.54, 1.807) is 0 Å². The molecule has 0 aliphatic carbocycles. The fourth-order valence-corrected chi connectivity index (χ4v) is 3.17. The topological polar surface area (TPSA) is 17.1 Å². The van der Waals surface area contributed by atoms with Crippen LogP contribution in [-0.2, 0) is 5.75 Å². The first-order valence-corrected chi connectivity index (χ1v) is 6.20. The van der Waals surface area contributed by atoms with Gasteiger partial charge in [0.2, 0.25) is 0 Å². The number of ketones is 1. The summed E-state index contributed by atoms with van der Waals surface area (Å²) in [5, 5.41) is -0.260. The number of fused-ring (bicyclic) bond motifs is 1. The molecule has 1 unspecified atom stereocenters. The maximum Gasteiger partial charge on any atom is 0.179 e. The lowest BCUT2D eigenvalue weighted by Crippen LogP contribution is -2.29. The van der Waals surface area contributed by atoms with Gasteiger partial charge in [0.15, 0.2) is 5.78 Å². The summed E-state index contributed by atoms with van der Waals surface area (Å²) in [5.41, 5.74) is 0.171. The second-order valence-corrected chi connectivity index (χ2v) is 5.35. The maximum atomic E-state index is 13.5. The third kappa shape index (κ3) is 1.75. The molecule has 0 spiro atoms. The number of halogens is 2. The Morgan fingerprint density at radius 3 is 2.56 bits per heavy atom. The van der Waals surface area contributed by atoms with Crippen LogP contribution in [0, 0.1) is 17.6 Å². The molecule has 4 heteroatoms. The van der Waals surface area contributed by atoms with Crippen molar-refractivity contribution in [1.82, 2.24) is 0 Å². The lowest BCUT2D eigenvalue weighted by Gasteiger charge is -2.26. The van der Waals surface area contributed by atoms with Gasteiger partial charge in [-0.3, -0.25) is 4.79 Å². The first-order chi connectivity index (χ1) is 7.52. The highest BCUT2D eigenvalue weighted by Crippen LogP contribution is 2.36. The van der Waals surface area contributed by atoms with Crippen molar-refractivity contribution in [2.24, 2.45) is 5.92 Å². The van der Waals surface area contributed by atoms with Crippen LogP contribution in [0.2, 0.25) is 0 Å². The molecule has 0 saturated heterocycles. The Hall–Kier alpha value is -0.900. The highest BCUT2D eigenvalue weighted by molar-refractivity contribution is 8.00. The zero-order chi connectivity index (χ0) is 11.9. The molecule has 1 aliphatic rings. The zero-order valence-electron chi connectivity index (χ0n) is 9.09. The summed E-state index contributed by atoms with van der Waals surface area (Å²) in [6.07, 6.45) is 0. The number of benzene rings is 1. The number of carbonyl (C=O) groups is 1. The minimum atomic E-state index is -0.604. The highest BCUT2D eigenvalue weighted by atomic mass is 32.2. The van der Waals surface area contributed by atoms with Crippen molar-refractivity contribution in [3.63, 3.8) is 0 Å². The summed E-state index contributed by atoms with van der Waals surface area (Å²) in [4.78, 5) is 12.0. The molecule has 1 atom stereocenters. The van der Waals surface area contributed by atoms with Gasteiger partial charge in [-0.1, -0.05) is 13.8 Å². The fraction of sp³-hybridized carbons (Fsp3) is 0.417. The summed E-state index contributed by atoms with van der Waals surface area (Å²) < 4.78 is 27.0.